The van der Waals surface area contributed by atoms with Crippen molar-refractivity contribution in [3.05, 3.63) is 33.6 Å². The molecule has 2 bridgehead atoms. The number of halogens is 2. The summed E-state index contributed by atoms with van der Waals surface area (Å²) in [4.78, 5) is 28.7. The zero-order valence-corrected chi connectivity index (χ0v) is 15.9. The molecule has 136 valence electrons. The standard InChI is InChI=1S/C18H16Cl2N2O3S/c19-11-4-3-8(6-12(11)20)13-7-26-18(21-13)22-16(23)14-9-1-2-10(5-9)15(14)17(24)25/h3-4,6-7,9-10,14-15H,1-2,5H2,(H,24,25)(H,21,22,23)/t9-,10-,14-,15+/m0/s1. The molecule has 1 aromatic carbocycles. The van der Waals surface area contributed by atoms with Crippen LogP contribution in [0.5, 0.6) is 0 Å². The molecule has 0 saturated heterocycles. The van der Waals surface area contributed by atoms with Crippen molar-refractivity contribution in [2.24, 2.45) is 23.7 Å². The molecule has 26 heavy (non-hydrogen) atoms. The molecule has 0 spiro atoms. The lowest BCUT2D eigenvalue weighted by Crippen LogP contribution is -2.37. The Hall–Kier alpha value is -1.63. The molecule has 4 rings (SSSR count). The van der Waals surface area contributed by atoms with Gasteiger partial charge in [0, 0.05) is 10.9 Å². The Balaban J connectivity index is 1.51. The quantitative estimate of drug-likeness (QED) is 0.758. The van der Waals surface area contributed by atoms with Gasteiger partial charge in [-0.05, 0) is 43.2 Å². The number of aliphatic carboxylic acids is 1. The summed E-state index contributed by atoms with van der Waals surface area (Å²) in [6.45, 7) is 0. The number of thiazole rings is 1. The SMILES string of the molecule is O=C(O)[C@@H]1[C@H]2CC[C@@H](C2)[C@@H]1C(=O)Nc1nc(-c2ccc(Cl)c(Cl)c2)cs1. The van der Waals surface area contributed by atoms with Crippen LogP contribution >= 0.6 is 34.5 Å². The average molecular weight is 411 g/mol. The van der Waals surface area contributed by atoms with E-state index in [9.17, 15) is 14.7 Å². The number of hydrogen-bond acceptors (Lipinski definition) is 4. The molecule has 2 fully saturated rings. The van der Waals surface area contributed by atoms with Crippen molar-refractivity contribution >= 4 is 51.5 Å². The van der Waals surface area contributed by atoms with E-state index in [2.05, 4.69) is 10.3 Å². The maximum atomic E-state index is 12.7. The van der Waals surface area contributed by atoms with E-state index in [4.69, 9.17) is 23.2 Å². The number of carbonyl (C=O) groups is 2. The summed E-state index contributed by atoms with van der Waals surface area (Å²) in [5, 5.41) is 15.5. The monoisotopic (exact) mass is 410 g/mol. The minimum absolute atomic E-state index is 0.122. The highest BCUT2D eigenvalue weighted by Gasteiger charge is 2.54. The second-order valence-corrected chi connectivity index (χ2v) is 8.55. The van der Waals surface area contributed by atoms with Crippen LogP contribution in [0.1, 0.15) is 19.3 Å². The summed E-state index contributed by atoms with van der Waals surface area (Å²) in [5.74, 6) is -1.87. The molecule has 2 aliphatic rings. The zero-order valence-electron chi connectivity index (χ0n) is 13.6. The summed E-state index contributed by atoms with van der Waals surface area (Å²) in [6.07, 6.45) is 2.67. The molecule has 4 atom stereocenters. The van der Waals surface area contributed by atoms with Crippen molar-refractivity contribution < 1.29 is 14.7 Å². The van der Waals surface area contributed by atoms with Gasteiger partial charge in [-0.2, -0.15) is 0 Å². The third kappa shape index (κ3) is 3.10. The second kappa shape index (κ2) is 6.83. The van der Waals surface area contributed by atoms with Crippen LogP contribution in [-0.4, -0.2) is 22.0 Å². The van der Waals surface area contributed by atoms with E-state index in [0.29, 0.717) is 20.9 Å². The molecular weight excluding hydrogens is 395 g/mol. The van der Waals surface area contributed by atoms with Gasteiger partial charge >= 0.3 is 5.97 Å². The lowest BCUT2D eigenvalue weighted by Gasteiger charge is -2.26. The van der Waals surface area contributed by atoms with Crippen molar-refractivity contribution in [2.75, 3.05) is 5.32 Å². The molecule has 0 unspecified atom stereocenters. The van der Waals surface area contributed by atoms with Gasteiger partial charge in [-0.1, -0.05) is 29.3 Å². The maximum absolute atomic E-state index is 12.7. The Kier molecular flexibility index (Phi) is 4.67. The van der Waals surface area contributed by atoms with Crippen molar-refractivity contribution in [2.45, 2.75) is 19.3 Å². The number of nitrogens with zero attached hydrogens (tertiary/aromatic N) is 1. The van der Waals surface area contributed by atoms with Gasteiger partial charge in [-0.15, -0.1) is 11.3 Å². The number of anilines is 1. The van der Waals surface area contributed by atoms with Crippen LogP contribution in [0, 0.1) is 23.7 Å². The van der Waals surface area contributed by atoms with Crippen molar-refractivity contribution in [3.8, 4) is 11.3 Å². The minimum atomic E-state index is -0.868. The minimum Gasteiger partial charge on any atom is -0.481 e. The van der Waals surface area contributed by atoms with Gasteiger partial charge in [0.25, 0.3) is 0 Å². The Morgan fingerprint density at radius 3 is 2.58 bits per heavy atom. The number of amides is 1. The predicted octanol–water partition coefficient (Wildman–Crippen LogP) is 4.80. The Labute approximate surface area is 164 Å². The molecule has 0 radical (unpaired) electrons. The molecule has 2 aromatic rings. The van der Waals surface area contributed by atoms with Crippen LogP contribution in [0.3, 0.4) is 0 Å². The molecule has 2 saturated carbocycles. The summed E-state index contributed by atoms with van der Waals surface area (Å²) >= 11 is 13.3. The van der Waals surface area contributed by atoms with Gasteiger partial charge in [0.2, 0.25) is 5.91 Å². The van der Waals surface area contributed by atoms with Crippen molar-refractivity contribution in [3.63, 3.8) is 0 Å². The van der Waals surface area contributed by atoms with Crippen molar-refractivity contribution in [1.29, 1.82) is 0 Å². The smallest absolute Gasteiger partial charge is 0.307 e. The topological polar surface area (TPSA) is 79.3 Å². The van der Waals surface area contributed by atoms with E-state index >= 15 is 0 Å². The first-order valence-corrected chi connectivity index (χ1v) is 10.0. The zero-order chi connectivity index (χ0) is 18.4. The fourth-order valence-corrected chi connectivity index (χ4v) is 5.35. The largest absolute Gasteiger partial charge is 0.481 e. The number of nitrogens with one attached hydrogen (secondary N) is 1. The first kappa shape index (κ1) is 17.8. The number of rotatable bonds is 4. The third-order valence-corrected chi connectivity index (χ3v) is 6.95. The third-order valence-electron chi connectivity index (χ3n) is 5.45. The molecular formula is C18H16Cl2N2O3S. The average Bonchev–Trinajstić information content (AvgIpc) is 3.32. The Bertz CT molecular complexity index is 885. The molecule has 8 heteroatoms. The maximum Gasteiger partial charge on any atom is 0.307 e. The van der Waals surface area contributed by atoms with E-state index in [0.717, 1.165) is 24.8 Å². The molecule has 2 N–H and O–H groups in total. The van der Waals surface area contributed by atoms with E-state index < -0.39 is 17.8 Å². The van der Waals surface area contributed by atoms with Crippen molar-refractivity contribution in [1.82, 2.24) is 4.98 Å². The Morgan fingerprint density at radius 2 is 1.88 bits per heavy atom. The Morgan fingerprint density at radius 1 is 1.15 bits per heavy atom. The second-order valence-electron chi connectivity index (χ2n) is 6.88. The van der Waals surface area contributed by atoms with Gasteiger partial charge in [-0.25, -0.2) is 4.98 Å². The van der Waals surface area contributed by atoms with Crippen LogP contribution in [0.25, 0.3) is 11.3 Å². The first-order chi connectivity index (χ1) is 12.4. The molecule has 5 nitrogen and oxygen atoms in total. The van der Waals surface area contributed by atoms with Gasteiger partial charge in [-0.3, -0.25) is 9.59 Å². The fourth-order valence-electron chi connectivity index (χ4n) is 4.33. The summed E-state index contributed by atoms with van der Waals surface area (Å²) in [5.41, 5.74) is 1.49. The van der Waals surface area contributed by atoms with Gasteiger partial charge in [0.05, 0.1) is 27.6 Å². The van der Waals surface area contributed by atoms with Crippen LogP contribution in [-0.2, 0) is 9.59 Å². The normalized spacial score (nSPS) is 26.8. The molecule has 2 aliphatic carbocycles. The fraction of sp³-hybridized carbons (Fsp3) is 0.389. The number of carboxylic acids is 1. The molecule has 1 aromatic heterocycles. The van der Waals surface area contributed by atoms with Gasteiger partial charge < -0.3 is 10.4 Å². The van der Waals surface area contributed by atoms with E-state index in [-0.39, 0.29) is 17.7 Å². The van der Waals surface area contributed by atoms with Crippen LogP contribution < -0.4 is 5.32 Å². The highest BCUT2D eigenvalue weighted by molar-refractivity contribution is 7.14. The van der Waals surface area contributed by atoms with E-state index in [1.807, 2.05) is 11.4 Å². The van der Waals surface area contributed by atoms with E-state index in [1.54, 1.807) is 12.1 Å². The van der Waals surface area contributed by atoms with Gasteiger partial charge in [0.1, 0.15) is 0 Å². The highest BCUT2D eigenvalue weighted by Crippen LogP contribution is 2.52. The number of hydrogen-bond donors (Lipinski definition) is 2. The van der Waals surface area contributed by atoms with Gasteiger partial charge in [0.15, 0.2) is 5.13 Å². The predicted molar refractivity (Wildman–Crippen MR) is 102 cm³/mol. The molecule has 1 heterocycles. The number of aromatic nitrogens is 1. The van der Waals surface area contributed by atoms with Crippen LogP contribution in [0.4, 0.5) is 5.13 Å². The number of benzene rings is 1. The summed E-state index contributed by atoms with van der Waals surface area (Å²) in [7, 11) is 0. The lowest BCUT2D eigenvalue weighted by atomic mass is 9.79. The summed E-state index contributed by atoms with van der Waals surface area (Å²) in [6, 6.07) is 5.23. The summed E-state index contributed by atoms with van der Waals surface area (Å²) < 4.78 is 0. The molecule has 0 aliphatic heterocycles. The number of carboxylic acid groups (broad SMARTS) is 1. The molecule has 1 amide bonds. The number of carbonyl (C=O) groups excluding carboxylic acids is 1. The first-order valence-electron chi connectivity index (χ1n) is 8.38. The van der Waals surface area contributed by atoms with Crippen LogP contribution in [0.2, 0.25) is 10.0 Å². The highest BCUT2D eigenvalue weighted by atomic mass is 35.5. The van der Waals surface area contributed by atoms with Crippen LogP contribution in [0.15, 0.2) is 23.6 Å². The van der Waals surface area contributed by atoms with E-state index in [1.165, 1.54) is 11.3 Å². The lowest BCUT2D eigenvalue weighted by molar-refractivity contribution is -0.148. The number of fused-ring (bicyclic) bond motifs is 2.